The number of hydrogen-bond donors (Lipinski definition) is 2. The topological polar surface area (TPSA) is 94.1 Å². The summed E-state index contributed by atoms with van der Waals surface area (Å²) < 4.78 is 42.4. The van der Waals surface area contributed by atoms with E-state index in [4.69, 9.17) is 14.2 Å². The quantitative estimate of drug-likeness (QED) is 0.677. The molecule has 7 nitrogen and oxygen atoms in total. The van der Waals surface area contributed by atoms with Crippen LogP contribution in [0.4, 0.5) is 0 Å². The van der Waals surface area contributed by atoms with Crippen molar-refractivity contribution in [3.8, 4) is 17.2 Å². The summed E-state index contributed by atoms with van der Waals surface area (Å²) in [5.74, 6) is 1.95. The zero-order valence-corrected chi connectivity index (χ0v) is 15.9. The highest BCUT2D eigenvalue weighted by Crippen LogP contribution is 2.34. The average Bonchev–Trinajstić information content (AvgIpc) is 3.14. The third kappa shape index (κ3) is 5.35. The van der Waals surface area contributed by atoms with E-state index in [1.165, 1.54) is 0 Å². The van der Waals surface area contributed by atoms with E-state index in [9.17, 15) is 13.5 Å². The fourth-order valence-corrected chi connectivity index (χ4v) is 3.83. The van der Waals surface area contributed by atoms with E-state index in [-0.39, 0.29) is 25.5 Å². The molecule has 27 heavy (non-hydrogen) atoms. The normalized spacial score (nSPS) is 14.1. The van der Waals surface area contributed by atoms with Crippen LogP contribution in [0.1, 0.15) is 23.7 Å². The number of benzene rings is 2. The maximum atomic E-state index is 12.1. The summed E-state index contributed by atoms with van der Waals surface area (Å²) in [6.45, 7) is 0.323. The van der Waals surface area contributed by atoms with Crippen molar-refractivity contribution in [2.45, 2.75) is 18.9 Å². The molecule has 0 saturated carbocycles. The predicted octanol–water partition coefficient (Wildman–Crippen LogP) is 2.01. The Morgan fingerprint density at radius 1 is 1.15 bits per heavy atom. The molecule has 146 valence electrons. The summed E-state index contributed by atoms with van der Waals surface area (Å²) in [4.78, 5) is 0. The van der Waals surface area contributed by atoms with Crippen LogP contribution in [-0.4, -0.2) is 39.7 Å². The van der Waals surface area contributed by atoms with Gasteiger partial charge in [-0.05, 0) is 48.2 Å². The lowest BCUT2D eigenvalue weighted by atomic mass is 10.1. The van der Waals surface area contributed by atoms with Gasteiger partial charge in [0, 0.05) is 6.54 Å². The molecule has 0 saturated heterocycles. The lowest BCUT2D eigenvalue weighted by molar-refractivity contribution is 0.166. The number of hydrogen-bond acceptors (Lipinski definition) is 6. The second kappa shape index (κ2) is 8.60. The molecule has 2 N–H and O–H groups in total. The fourth-order valence-electron chi connectivity index (χ4n) is 2.75. The minimum atomic E-state index is -3.42. The molecule has 3 rings (SSSR count). The molecule has 2 aromatic rings. The van der Waals surface area contributed by atoms with Gasteiger partial charge in [-0.2, -0.15) is 0 Å². The van der Waals surface area contributed by atoms with E-state index in [1.54, 1.807) is 37.4 Å². The number of rotatable bonds is 9. The van der Waals surface area contributed by atoms with E-state index in [0.29, 0.717) is 23.5 Å². The first-order valence-corrected chi connectivity index (χ1v) is 10.3. The van der Waals surface area contributed by atoms with Gasteiger partial charge in [0.05, 0.1) is 19.0 Å². The zero-order chi connectivity index (χ0) is 19.3. The zero-order valence-electron chi connectivity index (χ0n) is 15.1. The molecule has 0 aliphatic carbocycles. The van der Waals surface area contributed by atoms with Gasteiger partial charge in [-0.3, -0.25) is 0 Å². The van der Waals surface area contributed by atoms with Crippen LogP contribution in [0.2, 0.25) is 0 Å². The molecule has 1 aliphatic heterocycles. The number of sulfonamides is 1. The molecule has 1 atom stereocenters. The molecule has 0 radical (unpaired) electrons. The van der Waals surface area contributed by atoms with Gasteiger partial charge in [-0.25, -0.2) is 13.1 Å². The lowest BCUT2D eigenvalue weighted by Gasteiger charge is -2.12. The highest BCUT2D eigenvalue weighted by atomic mass is 32.2. The Bertz CT molecular complexity index is 866. The highest BCUT2D eigenvalue weighted by molar-refractivity contribution is 7.89. The summed E-state index contributed by atoms with van der Waals surface area (Å²) in [5.41, 5.74) is 1.58. The Morgan fingerprint density at radius 2 is 1.89 bits per heavy atom. The molecule has 0 amide bonds. The van der Waals surface area contributed by atoms with Crippen LogP contribution in [-0.2, 0) is 16.4 Å². The van der Waals surface area contributed by atoms with Gasteiger partial charge < -0.3 is 19.3 Å². The Balaban J connectivity index is 1.45. The monoisotopic (exact) mass is 393 g/mol. The first-order chi connectivity index (χ1) is 13.0. The van der Waals surface area contributed by atoms with Crippen molar-refractivity contribution in [1.82, 2.24) is 4.72 Å². The van der Waals surface area contributed by atoms with Crippen LogP contribution in [0, 0.1) is 0 Å². The van der Waals surface area contributed by atoms with Crippen molar-refractivity contribution >= 4 is 10.0 Å². The predicted molar refractivity (Wildman–Crippen MR) is 101 cm³/mol. The van der Waals surface area contributed by atoms with Crippen LogP contribution in [0.5, 0.6) is 17.2 Å². The van der Waals surface area contributed by atoms with Crippen molar-refractivity contribution in [3.05, 3.63) is 53.6 Å². The van der Waals surface area contributed by atoms with E-state index >= 15 is 0 Å². The van der Waals surface area contributed by atoms with E-state index in [1.807, 2.05) is 12.1 Å². The lowest BCUT2D eigenvalue weighted by Crippen LogP contribution is -2.29. The minimum Gasteiger partial charge on any atom is -0.497 e. The van der Waals surface area contributed by atoms with Crippen molar-refractivity contribution < 1.29 is 27.7 Å². The van der Waals surface area contributed by atoms with Gasteiger partial charge in [-0.15, -0.1) is 0 Å². The van der Waals surface area contributed by atoms with E-state index in [2.05, 4.69) is 4.72 Å². The Labute approximate surface area is 158 Å². The van der Waals surface area contributed by atoms with Crippen molar-refractivity contribution in [2.24, 2.45) is 0 Å². The Kier molecular flexibility index (Phi) is 6.20. The van der Waals surface area contributed by atoms with Crippen LogP contribution in [0.3, 0.4) is 0 Å². The maximum absolute atomic E-state index is 12.1. The molecule has 0 aromatic heterocycles. The van der Waals surface area contributed by atoms with Crippen molar-refractivity contribution in [1.29, 1.82) is 0 Å². The van der Waals surface area contributed by atoms with E-state index < -0.39 is 16.1 Å². The number of methoxy groups -OCH3 is 1. The van der Waals surface area contributed by atoms with Crippen molar-refractivity contribution in [3.63, 3.8) is 0 Å². The molecular formula is C19H23NO6S. The highest BCUT2D eigenvalue weighted by Gasteiger charge is 2.17. The molecule has 1 heterocycles. The summed E-state index contributed by atoms with van der Waals surface area (Å²) in [5, 5.41) is 10.3. The number of nitrogens with one attached hydrogen (secondary N) is 1. The number of aryl methyl sites for hydroxylation is 1. The number of aliphatic hydroxyl groups excluding tert-OH is 1. The first kappa shape index (κ1) is 19.5. The fraction of sp³-hybridized carbons (Fsp3) is 0.368. The summed E-state index contributed by atoms with van der Waals surface area (Å²) in [6, 6.07) is 12.5. The van der Waals surface area contributed by atoms with Gasteiger partial charge in [0.15, 0.2) is 11.5 Å². The molecule has 1 unspecified atom stereocenters. The third-order valence-electron chi connectivity index (χ3n) is 4.34. The molecule has 1 aliphatic rings. The van der Waals surface area contributed by atoms with Crippen LogP contribution >= 0.6 is 0 Å². The standard InChI is InChI=1S/C19H23NO6S/c1-24-16-5-2-14(3-6-16)9-11-27(22,23)20-10-8-17(21)15-4-7-18-19(12-15)26-13-25-18/h2-7,12,17,20-21H,8-11,13H2,1H3. The van der Waals surface area contributed by atoms with Crippen LogP contribution in [0.25, 0.3) is 0 Å². The number of ether oxygens (including phenoxy) is 3. The van der Waals surface area contributed by atoms with Gasteiger partial charge in [0.1, 0.15) is 5.75 Å². The van der Waals surface area contributed by atoms with Gasteiger partial charge >= 0.3 is 0 Å². The number of fused-ring (bicyclic) bond motifs is 1. The molecule has 0 spiro atoms. The number of aliphatic hydroxyl groups is 1. The Hall–Kier alpha value is -2.29. The third-order valence-corrected chi connectivity index (χ3v) is 5.73. The summed E-state index contributed by atoms with van der Waals surface area (Å²) in [7, 11) is -1.84. The first-order valence-electron chi connectivity index (χ1n) is 8.65. The largest absolute Gasteiger partial charge is 0.497 e. The van der Waals surface area contributed by atoms with Gasteiger partial charge in [-0.1, -0.05) is 18.2 Å². The van der Waals surface area contributed by atoms with Crippen LogP contribution in [0.15, 0.2) is 42.5 Å². The van der Waals surface area contributed by atoms with Gasteiger partial charge in [0.25, 0.3) is 0 Å². The Morgan fingerprint density at radius 3 is 2.63 bits per heavy atom. The van der Waals surface area contributed by atoms with Gasteiger partial charge in [0.2, 0.25) is 16.8 Å². The maximum Gasteiger partial charge on any atom is 0.231 e. The molecular weight excluding hydrogens is 370 g/mol. The van der Waals surface area contributed by atoms with E-state index in [0.717, 1.165) is 11.3 Å². The minimum absolute atomic E-state index is 0.0144. The second-order valence-electron chi connectivity index (χ2n) is 6.23. The summed E-state index contributed by atoms with van der Waals surface area (Å²) in [6.07, 6.45) is -0.116. The van der Waals surface area contributed by atoms with Crippen molar-refractivity contribution in [2.75, 3.05) is 26.2 Å². The molecule has 8 heteroatoms. The average molecular weight is 393 g/mol. The molecule has 2 aromatic carbocycles. The second-order valence-corrected chi connectivity index (χ2v) is 8.15. The molecule has 0 bridgehead atoms. The SMILES string of the molecule is COc1ccc(CCS(=O)(=O)NCCC(O)c2ccc3c(c2)OCO3)cc1. The summed E-state index contributed by atoms with van der Waals surface area (Å²) >= 11 is 0. The molecule has 0 fully saturated rings. The van der Waals surface area contributed by atoms with Crippen LogP contribution < -0.4 is 18.9 Å². The smallest absolute Gasteiger partial charge is 0.231 e.